The van der Waals surface area contributed by atoms with E-state index in [2.05, 4.69) is 15.2 Å². The number of carbonyl (C=O) groups is 1. The lowest BCUT2D eigenvalue weighted by Crippen LogP contribution is -2.25. The van der Waals surface area contributed by atoms with E-state index >= 15 is 0 Å². The lowest BCUT2D eigenvalue weighted by atomic mass is 10.1. The monoisotopic (exact) mass is 403 g/mol. The Labute approximate surface area is 166 Å². The molecule has 0 unspecified atom stereocenters. The van der Waals surface area contributed by atoms with Crippen molar-refractivity contribution in [3.63, 3.8) is 0 Å². The second-order valence-electron chi connectivity index (χ2n) is 6.54. The van der Waals surface area contributed by atoms with Crippen molar-refractivity contribution in [2.75, 3.05) is 0 Å². The first-order valence-electron chi connectivity index (χ1n) is 8.95. The highest BCUT2D eigenvalue weighted by atomic mass is 19.4. The maximum atomic E-state index is 12.4. The zero-order valence-electron chi connectivity index (χ0n) is 16.0. The van der Waals surface area contributed by atoms with E-state index in [1.165, 1.54) is 24.3 Å². The highest BCUT2D eigenvalue weighted by molar-refractivity contribution is 5.79. The number of alkyl halides is 3. The van der Waals surface area contributed by atoms with Crippen molar-refractivity contribution in [3.05, 3.63) is 77.1 Å². The Morgan fingerprint density at radius 1 is 1.07 bits per heavy atom. The quantitative estimate of drug-likeness (QED) is 0.670. The van der Waals surface area contributed by atoms with Crippen LogP contribution in [0.15, 0.2) is 54.6 Å². The summed E-state index contributed by atoms with van der Waals surface area (Å²) >= 11 is 0. The van der Waals surface area contributed by atoms with Gasteiger partial charge in [0, 0.05) is 17.8 Å². The van der Waals surface area contributed by atoms with Crippen LogP contribution >= 0.6 is 0 Å². The third-order valence-corrected chi connectivity index (χ3v) is 4.43. The number of aromatic nitrogens is 2. The lowest BCUT2D eigenvalue weighted by molar-refractivity contribution is -0.274. The number of nitrogens with zero attached hydrogens (tertiary/aromatic N) is 2. The minimum atomic E-state index is -4.73. The van der Waals surface area contributed by atoms with E-state index < -0.39 is 6.36 Å². The summed E-state index contributed by atoms with van der Waals surface area (Å²) in [5, 5.41) is 7.30. The molecular formula is C21H20F3N3O2. The molecule has 1 N–H and O–H groups in total. The van der Waals surface area contributed by atoms with Crippen LogP contribution in [0.2, 0.25) is 0 Å². The Hall–Kier alpha value is -3.29. The molecule has 1 heterocycles. The molecule has 2 aromatic carbocycles. The molecule has 1 aromatic heterocycles. The molecule has 0 atom stereocenters. The number of amides is 1. The Bertz CT molecular complexity index is 981. The summed E-state index contributed by atoms with van der Waals surface area (Å²) in [4.78, 5) is 12.4. The Kier molecular flexibility index (Phi) is 5.91. The van der Waals surface area contributed by atoms with E-state index in [0.717, 1.165) is 22.6 Å². The third-order valence-electron chi connectivity index (χ3n) is 4.43. The number of hydrogen-bond acceptors (Lipinski definition) is 3. The summed E-state index contributed by atoms with van der Waals surface area (Å²) in [6.45, 7) is 3.97. The van der Waals surface area contributed by atoms with Crippen LogP contribution in [0, 0.1) is 13.8 Å². The van der Waals surface area contributed by atoms with Gasteiger partial charge in [-0.15, -0.1) is 13.2 Å². The van der Waals surface area contributed by atoms with E-state index in [9.17, 15) is 18.0 Å². The summed E-state index contributed by atoms with van der Waals surface area (Å²) in [5.74, 6) is -0.494. The molecule has 0 saturated carbocycles. The van der Waals surface area contributed by atoms with Gasteiger partial charge in [0.25, 0.3) is 0 Å². The van der Waals surface area contributed by atoms with E-state index in [4.69, 9.17) is 0 Å². The molecule has 1 amide bonds. The molecule has 29 heavy (non-hydrogen) atoms. The van der Waals surface area contributed by atoms with Gasteiger partial charge in [-0.05, 0) is 43.7 Å². The highest BCUT2D eigenvalue weighted by Gasteiger charge is 2.30. The number of carbonyl (C=O) groups excluding carboxylic acids is 1. The van der Waals surface area contributed by atoms with Crippen LogP contribution in [0.1, 0.15) is 22.5 Å². The average Bonchev–Trinajstić information content (AvgIpc) is 2.95. The highest BCUT2D eigenvalue weighted by Crippen LogP contribution is 2.23. The minimum Gasteiger partial charge on any atom is -0.406 e. The van der Waals surface area contributed by atoms with Gasteiger partial charge in [0.15, 0.2) is 0 Å². The molecule has 152 valence electrons. The van der Waals surface area contributed by atoms with E-state index in [-0.39, 0.29) is 24.6 Å². The lowest BCUT2D eigenvalue weighted by Gasteiger charge is -2.10. The normalized spacial score (nSPS) is 11.3. The number of aryl methyl sites for hydroxylation is 1. The van der Waals surface area contributed by atoms with Crippen LogP contribution < -0.4 is 10.1 Å². The molecule has 0 spiro atoms. The zero-order valence-corrected chi connectivity index (χ0v) is 16.0. The molecule has 5 nitrogen and oxygen atoms in total. The smallest absolute Gasteiger partial charge is 0.406 e. The van der Waals surface area contributed by atoms with Crippen LogP contribution in [-0.2, 0) is 17.8 Å². The molecule has 3 rings (SSSR count). The Balaban J connectivity index is 1.61. The molecule has 0 radical (unpaired) electrons. The van der Waals surface area contributed by atoms with Crippen LogP contribution in [0.4, 0.5) is 13.2 Å². The van der Waals surface area contributed by atoms with Gasteiger partial charge in [0.1, 0.15) is 5.75 Å². The number of halogens is 3. The zero-order chi connectivity index (χ0) is 21.0. The van der Waals surface area contributed by atoms with Gasteiger partial charge in [-0.2, -0.15) is 5.10 Å². The van der Waals surface area contributed by atoms with Crippen molar-refractivity contribution in [2.45, 2.75) is 33.2 Å². The predicted molar refractivity (Wildman–Crippen MR) is 102 cm³/mol. The summed E-state index contributed by atoms with van der Waals surface area (Å²) < 4.78 is 42.2. The predicted octanol–water partition coefficient (Wildman–Crippen LogP) is 4.25. The molecular weight excluding hydrogens is 383 g/mol. The van der Waals surface area contributed by atoms with Crippen LogP contribution in [0.25, 0.3) is 5.69 Å². The number of benzene rings is 2. The molecule has 0 saturated heterocycles. The van der Waals surface area contributed by atoms with Crippen molar-refractivity contribution in [1.82, 2.24) is 15.1 Å². The second kappa shape index (κ2) is 8.38. The topological polar surface area (TPSA) is 56.2 Å². The number of ether oxygens (including phenoxy) is 1. The van der Waals surface area contributed by atoms with Crippen LogP contribution in [0.5, 0.6) is 5.75 Å². The second-order valence-corrected chi connectivity index (χ2v) is 6.54. The van der Waals surface area contributed by atoms with Gasteiger partial charge >= 0.3 is 6.36 Å². The van der Waals surface area contributed by atoms with Crippen molar-refractivity contribution in [2.24, 2.45) is 0 Å². The summed E-state index contributed by atoms with van der Waals surface area (Å²) in [5.41, 5.74) is 4.09. The number of rotatable bonds is 6. The van der Waals surface area contributed by atoms with Crippen molar-refractivity contribution >= 4 is 5.91 Å². The van der Waals surface area contributed by atoms with Gasteiger partial charge in [-0.1, -0.05) is 30.3 Å². The molecule has 0 aliphatic heterocycles. The molecule has 0 fully saturated rings. The van der Waals surface area contributed by atoms with Gasteiger partial charge in [-0.3, -0.25) is 4.79 Å². The van der Waals surface area contributed by atoms with Gasteiger partial charge in [-0.25, -0.2) is 4.68 Å². The molecule has 3 aromatic rings. The first kappa shape index (κ1) is 20.4. The fourth-order valence-corrected chi connectivity index (χ4v) is 2.98. The van der Waals surface area contributed by atoms with Crippen LogP contribution in [0.3, 0.4) is 0 Å². The number of nitrogens with one attached hydrogen (secondary N) is 1. The summed E-state index contributed by atoms with van der Waals surface area (Å²) in [6, 6.07) is 15.0. The van der Waals surface area contributed by atoms with Crippen molar-refractivity contribution < 1.29 is 22.7 Å². The minimum absolute atomic E-state index is 0.166. The molecule has 0 bridgehead atoms. The van der Waals surface area contributed by atoms with E-state index in [1.807, 2.05) is 44.2 Å². The average molecular weight is 403 g/mol. The van der Waals surface area contributed by atoms with Crippen molar-refractivity contribution in [1.29, 1.82) is 0 Å². The molecule has 8 heteroatoms. The Morgan fingerprint density at radius 2 is 1.72 bits per heavy atom. The maximum Gasteiger partial charge on any atom is 0.573 e. The van der Waals surface area contributed by atoms with E-state index in [0.29, 0.717) is 5.56 Å². The standard InChI is InChI=1S/C21H20F3N3O2/c1-14-19(15(2)27(26-14)17-6-4-3-5-7-17)12-20(28)25-13-16-8-10-18(11-9-16)29-21(22,23)24/h3-11H,12-13H2,1-2H3,(H,25,28). The largest absolute Gasteiger partial charge is 0.573 e. The molecule has 0 aliphatic carbocycles. The molecule has 0 aliphatic rings. The van der Waals surface area contributed by atoms with E-state index in [1.54, 1.807) is 4.68 Å². The Morgan fingerprint density at radius 3 is 2.34 bits per heavy atom. The summed E-state index contributed by atoms with van der Waals surface area (Å²) in [6.07, 6.45) is -4.56. The summed E-state index contributed by atoms with van der Waals surface area (Å²) in [7, 11) is 0. The SMILES string of the molecule is Cc1nn(-c2ccccc2)c(C)c1CC(=O)NCc1ccc(OC(F)(F)F)cc1. The number of para-hydroxylation sites is 1. The van der Waals surface area contributed by atoms with Gasteiger partial charge in [0.05, 0.1) is 17.8 Å². The van der Waals surface area contributed by atoms with Crippen LogP contribution in [-0.4, -0.2) is 22.1 Å². The van der Waals surface area contributed by atoms with Gasteiger partial charge in [0.2, 0.25) is 5.91 Å². The fourth-order valence-electron chi connectivity index (χ4n) is 2.98. The fraction of sp³-hybridized carbons (Fsp3) is 0.238. The number of hydrogen-bond donors (Lipinski definition) is 1. The first-order valence-corrected chi connectivity index (χ1v) is 8.95. The van der Waals surface area contributed by atoms with Gasteiger partial charge < -0.3 is 10.1 Å². The van der Waals surface area contributed by atoms with Crippen molar-refractivity contribution in [3.8, 4) is 11.4 Å². The first-order chi connectivity index (χ1) is 13.7. The third kappa shape index (κ3) is 5.37. The maximum absolute atomic E-state index is 12.4.